The average Bonchev–Trinajstić information content (AvgIpc) is 2.56. The molecule has 0 spiro atoms. The van der Waals surface area contributed by atoms with E-state index in [0.717, 1.165) is 12.1 Å². The van der Waals surface area contributed by atoms with Crippen molar-refractivity contribution in [2.24, 2.45) is 0 Å². The fourth-order valence-corrected chi connectivity index (χ4v) is 2.66. The van der Waals surface area contributed by atoms with Crippen LogP contribution in [0.3, 0.4) is 0 Å². The summed E-state index contributed by atoms with van der Waals surface area (Å²) in [5.74, 6) is -0.408. The van der Waals surface area contributed by atoms with E-state index in [1.54, 1.807) is 20.8 Å². The molecule has 2 N–H and O–H groups in total. The Bertz CT molecular complexity index is 678. The Morgan fingerprint density at radius 3 is 2.18 bits per heavy atom. The minimum absolute atomic E-state index is 0.156. The van der Waals surface area contributed by atoms with Crippen LogP contribution in [-0.2, 0) is 22.1 Å². The van der Waals surface area contributed by atoms with E-state index in [4.69, 9.17) is 4.74 Å². The van der Waals surface area contributed by atoms with Crippen LogP contribution in [0.1, 0.15) is 58.6 Å². The number of hydrogen-bond donors (Lipinski definition) is 2. The number of carbonyl (C=O) groups is 2. The van der Waals surface area contributed by atoms with Crippen molar-refractivity contribution in [2.45, 2.75) is 71.2 Å². The number of alkyl carbamates (subject to hydrolysis) is 1. The van der Waals surface area contributed by atoms with Gasteiger partial charge < -0.3 is 15.4 Å². The highest BCUT2D eigenvalue weighted by atomic mass is 19.4. The van der Waals surface area contributed by atoms with Crippen molar-refractivity contribution in [3.63, 3.8) is 0 Å². The van der Waals surface area contributed by atoms with Crippen LogP contribution in [0.25, 0.3) is 0 Å². The first-order valence-corrected chi connectivity index (χ1v) is 9.24. The summed E-state index contributed by atoms with van der Waals surface area (Å²) >= 11 is 0. The SMILES string of the molecule is CCC(CC)(CNC(=O)OC(C)(C)C)NC(=O)Cc1cccc(C(F)(F)F)c1. The van der Waals surface area contributed by atoms with E-state index in [1.165, 1.54) is 12.1 Å². The lowest BCUT2D eigenvalue weighted by atomic mass is 9.92. The summed E-state index contributed by atoms with van der Waals surface area (Å²) in [6.45, 7) is 9.13. The summed E-state index contributed by atoms with van der Waals surface area (Å²) in [5.41, 5.74) is -1.87. The maximum Gasteiger partial charge on any atom is 0.416 e. The van der Waals surface area contributed by atoms with Crippen LogP contribution in [0, 0.1) is 0 Å². The molecule has 158 valence electrons. The third kappa shape index (κ3) is 7.78. The van der Waals surface area contributed by atoms with Crippen molar-refractivity contribution in [1.82, 2.24) is 10.6 Å². The number of hydrogen-bond acceptors (Lipinski definition) is 3. The van der Waals surface area contributed by atoms with Gasteiger partial charge in [-0.1, -0.05) is 32.0 Å². The summed E-state index contributed by atoms with van der Waals surface area (Å²) in [5, 5.41) is 5.52. The zero-order chi connectivity index (χ0) is 21.6. The molecule has 1 aromatic carbocycles. The molecule has 0 unspecified atom stereocenters. The van der Waals surface area contributed by atoms with Crippen LogP contribution in [0.4, 0.5) is 18.0 Å². The summed E-state index contributed by atoms with van der Waals surface area (Å²) in [6, 6.07) is 4.70. The quantitative estimate of drug-likeness (QED) is 0.708. The second-order valence-corrected chi connectivity index (χ2v) is 7.77. The first-order valence-electron chi connectivity index (χ1n) is 9.24. The van der Waals surface area contributed by atoms with Crippen LogP contribution >= 0.6 is 0 Å². The Morgan fingerprint density at radius 2 is 1.68 bits per heavy atom. The van der Waals surface area contributed by atoms with E-state index in [1.807, 2.05) is 13.8 Å². The van der Waals surface area contributed by atoms with Crippen LogP contribution in [0.15, 0.2) is 24.3 Å². The molecule has 0 fully saturated rings. The van der Waals surface area contributed by atoms with Gasteiger partial charge in [-0.2, -0.15) is 13.2 Å². The van der Waals surface area contributed by atoms with E-state index in [2.05, 4.69) is 10.6 Å². The van der Waals surface area contributed by atoms with Crippen LogP contribution < -0.4 is 10.6 Å². The van der Waals surface area contributed by atoms with Gasteiger partial charge in [0.05, 0.1) is 17.5 Å². The van der Waals surface area contributed by atoms with Gasteiger partial charge in [-0.25, -0.2) is 4.79 Å². The van der Waals surface area contributed by atoms with Crippen molar-refractivity contribution in [3.05, 3.63) is 35.4 Å². The molecular formula is C20H29F3N2O3. The number of amides is 2. The fraction of sp³-hybridized carbons (Fsp3) is 0.600. The monoisotopic (exact) mass is 402 g/mol. The Morgan fingerprint density at radius 1 is 1.07 bits per heavy atom. The number of nitrogens with one attached hydrogen (secondary N) is 2. The zero-order valence-electron chi connectivity index (χ0n) is 17.0. The molecule has 0 saturated carbocycles. The van der Waals surface area contributed by atoms with Crippen molar-refractivity contribution >= 4 is 12.0 Å². The lowest BCUT2D eigenvalue weighted by Gasteiger charge is -2.33. The van der Waals surface area contributed by atoms with Crippen LogP contribution in [0.2, 0.25) is 0 Å². The van der Waals surface area contributed by atoms with Gasteiger partial charge in [0.1, 0.15) is 5.60 Å². The first-order chi connectivity index (χ1) is 12.8. The summed E-state index contributed by atoms with van der Waals surface area (Å²) in [4.78, 5) is 24.3. The Kier molecular flexibility index (Phi) is 7.90. The lowest BCUT2D eigenvalue weighted by molar-refractivity contribution is -0.137. The molecule has 28 heavy (non-hydrogen) atoms. The molecule has 0 saturated heterocycles. The smallest absolute Gasteiger partial charge is 0.416 e. The van der Waals surface area contributed by atoms with Gasteiger partial charge in [0.15, 0.2) is 0 Å². The van der Waals surface area contributed by atoms with Gasteiger partial charge in [-0.05, 0) is 45.2 Å². The van der Waals surface area contributed by atoms with Gasteiger partial charge >= 0.3 is 12.3 Å². The number of benzene rings is 1. The van der Waals surface area contributed by atoms with Gasteiger partial charge in [-0.3, -0.25) is 4.79 Å². The number of halogens is 3. The molecule has 0 aliphatic rings. The molecule has 5 nitrogen and oxygen atoms in total. The van der Waals surface area contributed by atoms with Crippen LogP contribution in [0.5, 0.6) is 0 Å². The first kappa shape index (κ1) is 23.8. The van der Waals surface area contributed by atoms with E-state index in [-0.39, 0.29) is 18.5 Å². The van der Waals surface area contributed by atoms with E-state index >= 15 is 0 Å². The molecule has 2 amide bonds. The average molecular weight is 402 g/mol. The van der Waals surface area contributed by atoms with Crippen molar-refractivity contribution in [1.29, 1.82) is 0 Å². The summed E-state index contributed by atoms with van der Waals surface area (Å²) in [6.07, 6.45) is -4.16. The molecule has 1 rings (SSSR count). The minimum atomic E-state index is -4.46. The Labute approximate surface area is 164 Å². The molecule has 0 aliphatic heterocycles. The highest BCUT2D eigenvalue weighted by molar-refractivity contribution is 5.79. The van der Waals surface area contributed by atoms with Crippen molar-refractivity contribution < 1.29 is 27.5 Å². The molecular weight excluding hydrogens is 373 g/mol. The minimum Gasteiger partial charge on any atom is -0.444 e. The number of carbonyl (C=O) groups excluding carboxylic acids is 2. The third-order valence-corrected chi connectivity index (χ3v) is 4.35. The van der Waals surface area contributed by atoms with E-state index < -0.39 is 34.9 Å². The molecule has 0 radical (unpaired) electrons. The molecule has 0 atom stereocenters. The highest BCUT2D eigenvalue weighted by Crippen LogP contribution is 2.29. The topological polar surface area (TPSA) is 67.4 Å². The van der Waals surface area contributed by atoms with Gasteiger partial charge in [0.25, 0.3) is 0 Å². The normalized spacial score (nSPS) is 12.4. The molecule has 0 aromatic heterocycles. The van der Waals surface area contributed by atoms with Gasteiger partial charge in [0, 0.05) is 6.54 Å². The van der Waals surface area contributed by atoms with E-state index in [9.17, 15) is 22.8 Å². The van der Waals surface area contributed by atoms with E-state index in [0.29, 0.717) is 12.8 Å². The van der Waals surface area contributed by atoms with Gasteiger partial charge in [0.2, 0.25) is 5.91 Å². The Balaban J connectivity index is 2.77. The molecule has 0 bridgehead atoms. The molecule has 1 aromatic rings. The zero-order valence-corrected chi connectivity index (χ0v) is 17.0. The number of alkyl halides is 3. The summed E-state index contributed by atoms with van der Waals surface area (Å²) < 4.78 is 43.7. The third-order valence-electron chi connectivity index (χ3n) is 4.35. The lowest BCUT2D eigenvalue weighted by Crippen LogP contribution is -2.55. The molecule has 0 heterocycles. The Hall–Kier alpha value is -2.25. The number of rotatable bonds is 7. The van der Waals surface area contributed by atoms with Crippen LogP contribution in [-0.4, -0.2) is 29.7 Å². The highest BCUT2D eigenvalue weighted by Gasteiger charge is 2.32. The second-order valence-electron chi connectivity index (χ2n) is 7.77. The van der Waals surface area contributed by atoms with Crippen molar-refractivity contribution in [3.8, 4) is 0 Å². The molecule has 0 aliphatic carbocycles. The maximum absolute atomic E-state index is 12.8. The van der Waals surface area contributed by atoms with Crippen molar-refractivity contribution in [2.75, 3.05) is 6.54 Å². The predicted molar refractivity (Wildman–Crippen MR) is 101 cm³/mol. The molecule has 8 heteroatoms. The number of ether oxygens (including phenoxy) is 1. The second kappa shape index (κ2) is 9.30. The van der Waals surface area contributed by atoms with Gasteiger partial charge in [-0.15, -0.1) is 0 Å². The fourth-order valence-electron chi connectivity index (χ4n) is 2.66. The largest absolute Gasteiger partial charge is 0.444 e. The standard InChI is InChI=1S/C20H29F3N2O3/c1-6-19(7-2,13-24-17(27)28-18(3,4)5)25-16(26)12-14-9-8-10-15(11-14)20(21,22)23/h8-11H,6-7,12-13H2,1-5H3,(H,24,27)(H,25,26). The maximum atomic E-state index is 12.8. The predicted octanol–water partition coefficient (Wildman–Crippen LogP) is 4.45. The summed E-state index contributed by atoms with van der Waals surface area (Å²) in [7, 11) is 0.